The van der Waals surface area contributed by atoms with Crippen molar-refractivity contribution in [1.29, 1.82) is 0 Å². The maximum absolute atomic E-state index is 16.6. The Morgan fingerprint density at radius 1 is 0.582 bits per heavy atom. The molecule has 4 rings (SSSR count). The second kappa shape index (κ2) is 19.4. The van der Waals surface area contributed by atoms with Gasteiger partial charge in [0.15, 0.2) is 5.78 Å². The lowest BCUT2D eigenvalue weighted by Crippen LogP contribution is -2.42. The molecule has 4 aromatic carbocycles. The standard InChI is InChI=1S/C51H66F5NO8P2/c1-15-57(16-2)44(59)35-19-26-37(27-20-35)49(43(58)34-21-28-39(52)29-22-34,31-33-17-24-38(25-18-33)50(53,54)67(63,64-47(9,10)11)65-48(12,13)14)32-36-23-30-40(51(55,56)66(60,61)62)42(46(6,7)8)41(36)45(3,4)5/h17-30H,15-16,31-32H2,1-14H3,(H2,60,61,62). The van der Waals surface area contributed by atoms with Crippen LogP contribution in [0.25, 0.3) is 0 Å². The first-order chi connectivity index (χ1) is 30.3. The molecule has 0 aliphatic carbocycles. The maximum atomic E-state index is 16.6. The number of carbonyl (C=O) groups excluding carboxylic acids is 2. The number of nitrogens with zero attached hydrogens (tertiary/aromatic N) is 1. The van der Waals surface area contributed by atoms with E-state index in [-0.39, 0.29) is 29.9 Å². The second-order valence-electron chi connectivity index (χ2n) is 21.1. The highest BCUT2D eigenvalue weighted by molar-refractivity contribution is 7.54. The van der Waals surface area contributed by atoms with Crippen molar-refractivity contribution in [2.45, 2.75) is 149 Å². The van der Waals surface area contributed by atoms with Crippen LogP contribution in [0.15, 0.2) is 84.9 Å². The van der Waals surface area contributed by atoms with Crippen molar-refractivity contribution >= 4 is 26.9 Å². The zero-order valence-corrected chi connectivity index (χ0v) is 42.8. The van der Waals surface area contributed by atoms with Crippen LogP contribution in [0.2, 0.25) is 0 Å². The van der Waals surface area contributed by atoms with Crippen molar-refractivity contribution in [3.63, 3.8) is 0 Å². The summed E-state index contributed by atoms with van der Waals surface area (Å²) in [5.41, 5.74) is -15.3. The molecular formula is C51H66F5NO8P2. The average Bonchev–Trinajstić information content (AvgIpc) is 3.18. The first-order valence-corrected chi connectivity index (χ1v) is 25.3. The third-order valence-corrected chi connectivity index (χ3v) is 14.7. The maximum Gasteiger partial charge on any atom is 0.405 e. The molecule has 0 aromatic heterocycles. The lowest BCUT2D eigenvalue weighted by Gasteiger charge is -2.39. The Bertz CT molecular complexity index is 2490. The fraction of sp³-hybridized carbons (Fsp3) is 0.490. The highest BCUT2D eigenvalue weighted by Crippen LogP contribution is 2.70. The average molecular weight is 978 g/mol. The molecule has 0 bridgehead atoms. The number of carbonyl (C=O) groups is 2. The summed E-state index contributed by atoms with van der Waals surface area (Å²) >= 11 is 0. The number of amides is 1. The molecule has 1 unspecified atom stereocenters. The van der Waals surface area contributed by atoms with Crippen LogP contribution < -0.4 is 0 Å². The number of alkyl halides is 4. The summed E-state index contributed by atoms with van der Waals surface area (Å²) < 4.78 is 117. The fourth-order valence-corrected chi connectivity index (χ4v) is 11.1. The minimum Gasteiger partial charge on any atom is -0.339 e. The van der Waals surface area contributed by atoms with E-state index in [1.807, 2.05) is 13.8 Å². The minimum atomic E-state index is -6.08. The van der Waals surface area contributed by atoms with E-state index >= 15 is 22.4 Å². The minimum absolute atomic E-state index is 0.0416. The van der Waals surface area contributed by atoms with E-state index in [2.05, 4.69) is 0 Å². The summed E-state index contributed by atoms with van der Waals surface area (Å²) in [5.74, 6) is -1.49. The van der Waals surface area contributed by atoms with Crippen molar-refractivity contribution in [2.24, 2.45) is 0 Å². The van der Waals surface area contributed by atoms with Gasteiger partial charge in [-0.25, -0.2) is 4.39 Å². The Morgan fingerprint density at radius 2 is 1.03 bits per heavy atom. The molecule has 67 heavy (non-hydrogen) atoms. The van der Waals surface area contributed by atoms with E-state index < -0.39 is 76.7 Å². The molecule has 2 N–H and O–H groups in total. The molecule has 0 heterocycles. The summed E-state index contributed by atoms with van der Waals surface area (Å²) in [6.07, 6.45) is -0.516. The van der Waals surface area contributed by atoms with Crippen LogP contribution in [0.5, 0.6) is 0 Å². The summed E-state index contributed by atoms with van der Waals surface area (Å²) in [6.45, 7) is 23.5. The van der Waals surface area contributed by atoms with Gasteiger partial charge >= 0.3 is 26.5 Å². The van der Waals surface area contributed by atoms with E-state index in [1.54, 1.807) is 70.7 Å². The second-order valence-corrected chi connectivity index (χ2v) is 24.6. The van der Waals surface area contributed by atoms with Gasteiger partial charge in [0.25, 0.3) is 5.91 Å². The number of benzene rings is 4. The van der Waals surface area contributed by atoms with Gasteiger partial charge in [0.05, 0.1) is 16.6 Å². The molecule has 368 valence electrons. The molecule has 0 saturated heterocycles. The van der Waals surface area contributed by atoms with Gasteiger partial charge in [0, 0.05) is 35.3 Å². The number of Topliss-reactive ketones (excluding diaryl/α,β-unsaturated/α-hetero) is 1. The largest absolute Gasteiger partial charge is 0.405 e. The number of ketones is 1. The van der Waals surface area contributed by atoms with Crippen molar-refractivity contribution in [2.75, 3.05) is 13.1 Å². The van der Waals surface area contributed by atoms with Crippen molar-refractivity contribution in [1.82, 2.24) is 4.90 Å². The van der Waals surface area contributed by atoms with Gasteiger partial charge in [-0.15, -0.1) is 0 Å². The van der Waals surface area contributed by atoms with Crippen LogP contribution >= 0.6 is 15.2 Å². The van der Waals surface area contributed by atoms with Crippen LogP contribution in [0.1, 0.15) is 157 Å². The first kappa shape index (κ1) is 55.6. The van der Waals surface area contributed by atoms with Gasteiger partial charge in [-0.3, -0.25) is 27.8 Å². The van der Waals surface area contributed by atoms with Crippen LogP contribution in [0.4, 0.5) is 22.0 Å². The van der Waals surface area contributed by atoms with Crippen LogP contribution in [-0.2, 0) is 58.6 Å². The Balaban J connectivity index is 2.15. The molecule has 0 radical (unpaired) electrons. The quantitative estimate of drug-likeness (QED) is 0.0645. The highest BCUT2D eigenvalue weighted by Gasteiger charge is 2.58. The van der Waals surface area contributed by atoms with E-state index in [1.165, 1.54) is 71.9 Å². The molecule has 0 fully saturated rings. The van der Waals surface area contributed by atoms with E-state index in [4.69, 9.17) is 9.05 Å². The van der Waals surface area contributed by atoms with E-state index in [0.29, 0.717) is 40.9 Å². The van der Waals surface area contributed by atoms with Gasteiger partial charge in [0.1, 0.15) is 5.82 Å². The summed E-state index contributed by atoms with van der Waals surface area (Å²) in [4.78, 5) is 50.8. The molecule has 16 heteroatoms. The number of halogens is 5. The predicted octanol–water partition coefficient (Wildman–Crippen LogP) is 13.6. The lowest BCUT2D eigenvalue weighted by molar-refractivity contribution is -0.0213. The number of hydrogen-bond acceptors (Lipinski definition) is 6. The topological polar surface area (TPSA) is 130 Å². The zero-order valence-electron chi connectivity index (χ0n) is 41.0. The summed E-state index contributed by atoms with van der Waals surface area (Å²) in [6, 6.07) is 18.2. The number of rotatable bonds is 16. The smallest absolute Gasteiger partial charge is 0.339 e. The van der Waals surface area contributed by atoms with Crippen molar-refractivity contribution in [3.8, 4) is 0 Å². The zero-order chi connectivity index (χ0) is 51.1. The van der Waals surface area contributed by atoms with Crippen LogP contribution in [-0.4, -0.2) is 50.7 Å². The van der Waals surface area contributed by atoms with Gasteiger partial charge in [-0.1, -0.05) is 90.1 Å². The summed E-state index contributed by atoms with van der Waals surface area (Å²) in [7, 11) is -11.3. The Labute approximate surface area is 392 Å². The highest BCUT2D eigenvalue weighted by atomic mass is 31.2. The molecule has 1 amide bonds. The van der Waals surface area contributed by atoms with Crippen molar-refractivity contribution in [3.05, 3.63) is 141 Å². The Morgan fingerprint density at radius 3 is 1.45 bits per heavy atom. The van der Waals surface area contributed by atoms with Gasteiger partial charge < -0.3 is 14.7 Å². The normalized spacial score (nSPS) is 14.5. The van der Waals surface area contributed by atoms with Crippen molar-refractivity contribution < 1.29 is 59.5 Å². The van der Waals surface area contributed by atoms with E-state index in [0.717, 1.165) is 30.3 Å². The summed E-state index contributed by atoms with van der Waals surface area (Å²) in [5, 5.41) is 0. The van der Waals surface area contributed by atoms with Gasteiger partial charge in [0.2, 0.25) is 0 Å². The third kappa shape index (κ3) is 12.2. The molecular weight excluding hydrogens is 911 g/mol. The molecule has 0 aliphatic rings. The monoisotopic (exact) mass is 977 g/mol. The molecule has 4 aromatic rings. The number of hydrogen-bond donors (Lipinski definition) is 2. The molecule has 0 spiro atoms. The Hall–Kier alpha value is -4.03. The SMILES string of the molecule is CCN(CC)C(=O)c1ccc(C(Cc2ccc(C(F)(F)P(=O)(OC(C)(C)C)OC(C)(C)C)cc2)(Cc2ccc(C(F)(F)P(=O)(O)O)c(C(C)(C)C)c2C(C)(C)C)C(=O)c2ccc(F)cc2)cc1. The van der Waals surface area contributed by atoms with Crippen LogP contribution in [0, 0.1) is 5.82 Å². The molecule has 9 nitrogen and oxygen atoms in total. The predicted molar refractivity (Wildman–Crippen MR) is 253 cm³/mol. The van der Waals surface area contributed by atoms with Gasteiger partial charge in [-0.2, -0.15) is 17.6 Å². The molecule has 0 aliphatic heterocycles. The molecule has 1 atom stereocenters. The Kier molecular flexibility index (Phi) is 16.1. The molecule has 0 saturated carbocycles. The lowest BCUT2D eigenvalue weighted by atomic mass is 9.63. The third-order valence-electron chi connectivity index (χ3n) is 11.2. The van der Waals surface area contributed by atoms with Gasteiger partial charge in [-0.05, 0) is 143 Å². The van der Waals surface area contributed by atoms with E-state index in [9.17, 15) is 28.1 Å². The first-order valence-electron chi connectivity index (χ1n) is 22.1. The van der Waals surface area contributed by atoms with Crippen LogP contribution in [0.3, 0.4) is 0 Å². The fourth-order valence-electron chi connectivity index (χ4n) is 8.41.